The van der Waals surface area contributed by atoms with Gasteiger partial charge < -0.3 is 10.1 Å². The maximum Gasteiger partial charge on any atom is 0.331 e. The summed E-state index contributed by atoms with van der Waals surface area (Å²) in [5.41, 5.74) is 1.92. The van der Waals surface area contributed by atoms with Gasteiger partial charge in [0.15, 0.2) is 12.4 Å². The highest BCUT2D eigenvalue weighted by atomic mass is 32.1. The zero-order chi connectivity index (χ0) is 16.7. The van der Waals surface area contributed by atoms with E-state index in [1.807, 2.05) is 16.8 Å². The van der Waals surface area contributed by atoms with Crippen LogP contribution < -0.4 is 5.32 Å². The summed E-state index contributed by atoms with van der Waals surface area (Å²) in [6.07, 6.45) is 2.92. The van der Waals surface area contributed by atoms with Crippen LogP contribution in [0.15, 0.2) is 47.2 Å². The molecule has 0 radical (unpaired) electrons. The van der Waals surface area contributed by atoms with Crippen LogP contribution in [0, 0.1) is 0 Å². The number of anilines is 1. The lowest BCUT2D eigenvalue weighted by Crippen LogP contribution is -2.12. The van der Waals surface area contributed by atoms with Crippen LogP contribution in [0.4, 0.5) is 5.69 Å². The molecule has 1 aromatic carbocycles. The number of amides is 1. The number of carbonyl (C=O) groups excluding carboxylic acids is 3. The molecule has 0 atom stereocenters. The lowest BCUT2D eigenvalue weighted by molar-refractivity contribution is -0.136. The molecular weight excluding hydrogens is 314 g/mol. The molecule has 1 N–H and O–H groups in total. The minimum Gasteiger partial charge on any atom is -0.454 e. The molecule has 0 aliphatic rings. The molecule has 23 heavy (non-hydrogen) atoms. The molecule has 0 unspecified atom stereocenters. The standard InChI is InChI=1S/C17H15NO4S/c1-12(19)18-15-5-3-14(4-6-15)16(20)10-22-17(21)7-2-13-8-9-23-11-13/h2-9,11H,10H2,1H3,(H,18,19)/b7-2+. The third-order valence-electron chi connectivity index (χ3n) is 2.83. The van der Waals surface area contributed by atoms with E-state index in [0.29, 0.717) is 11.3 Å². The number of nitrogens with one attached hydrogen (secondary N) is 1. The van der Waals surface area contributed by atoms with Gasteiger partial charge in [0.05, 0.1) is 0 Å². The molecule has 1 aromatic heterocycles. The number of hydrogen-bond acceptors (Lipinski definition) is 5. The van der Waals surface area contributed by atoms with Crippen molar-refractivity contribution in [2.75, 3.05) is 11.9 Å². The monoisotopic (exact) mass is 329 g/mol. The number of rotatable bonds is 6. The second kappa shape index (κ2) is 8.05. The molecule has 6 heteroatoms. The van der Waals surface area contributed by atoms with Crippen molar-refractivity contribution in [1.82, 2.24) is 0 Å². The summed E-state index contributed by atoms with van der Waals surface area (Å²) in [5.74, 6) is -1.06. The first-order valence-corrected chi connectivity index (χ1v) is 7.77. The Hall–Kier alpha value is -2.73. The average molecular weight is 329 g/mol. The Morgan fingerprint density at radius 2 is 1.91 bits per heavy atom. The van der Waals surface area contributed by atoms with Crippen LogP contribution >= 0.6 is 11.3 Å². The van der Waals surface area contributed by atoms with Crippen LogP contribution in [0.5, 0.6) is 0 Å². The molecule has 0 spiro atoms. The van der Waals surface area contributed by atoms with E-state index in [9.17, 15) is 14.4 Å². The summed E-state index contributed by atoms with van der Waals surface area (Å²) in [6, 6.07) is 8.25. The van der Waals surface area contributed by atoms with E-state index < -0.39 is 5.97 Å². The number of carbonyl (C=O) groups is 3. The second-order valence-electron chi connectivity index (χ2n) is 4.68. The van der Waals surface area contributed by atoms with Crippen molar-refractivity contribution in [2.45, 2.75) is 6.92 Å². The average Bonchev–Trinajstić information content (AvgIpc) is 3.04. The number of hydrogen-bond donors (Lipinski definition) is 1. The quantitative estimate of drug-likeness (QED) is 0.502. The van der Waals surface area contributed by atoms with Gasteiger partial charge in [0.25, 0.3) is 0 Å². The zero-order valence-electron chi connectivity index (χ0n) is 12.4. The Labute approximate surface area is 137 Å². The molecule has 118 valence electrons. The minimum absolute atomic E-state index is 0.185. The highest BCUT2D eigenvalue weighted by Crippen LogP contribution is 2.11. The highest BCUT2D eigenvalue weighted by Gasteiger charge is 2.08. The third kappa shape index (κ3) is 5.52. The topological polar surface area (TPSA) is 72.5 Å². The van der Waals surface area contributed by atoms with Gasteiger partial charge in [-0.3, -0.25) is 9.59 Å². The Balaban J connectivity index is 1.84. The van der Waals surface area contributed by atoms with Crippen LogP contribution in [0.2, 0.25) is 0 Å². The molecule has 0 fully saturated rings. The fraction of sp³-hybridized carbons (Fsp3) is 0.118. The van der Waals surface area contributed by atoms with Gasteiger partial charge >= 0.3 is 5.97 Å². The molecule has 0 aliphatic carbocycles. The molecule has 0 bridgehead atoms. The largest absolute Gasteiger partial charge is 0.454 e. The zero-order valence-corrected chi connectivity index (χ0v) is 13.3. The van der Waals surface area contributed by atoms with Crippen molar-refractivity contribution >= 4 is 40.8 Å². The molecular formula is C17H15NO4S. The number of esters is 1. The summed E-state index contributed by atoms with van der Waals surface area (Å²) in [7, 11) is 0. The van der Waals surface area contributed by atoms with E-state index in [-0.39, 0.29) is 18.3 Å². The van der Waals surface area contributed by atoms with Crippen LogP contribution in [0.1, 0.15) is 22.8 Å². The molecule has 5 nitrogen and oxygen atoms in total. The van der Waals surface area contributed by atoms with Crippen molar-refractivity contribution in [3.05, 3.63) is 58.3 Å². The first-order chi connectivity index (χ1) is 11.0. The Kier molecular flexibility index (Phi) is 5.82. The van der Waals surface area contributed by atoms with Gasteiger partial charge in [0.1, 0.15) is 0 Å². The van der Waals surface area contributed by atoms with Gasteiger partial charge in [0, 0.05) is 24.3 Å². The number of thiophene rings is 1. The predicted molar refractivity (Wildman–Crippen MR) is 89.4 cm³/mol. The van der Waals surface area contributed by atoms with Crippen LogP contribution in [0.25, 0.3) is 6.08 Å². The summed E-state index contributed by atoms with van der Waals surface area (Å²) in [5, 5.41) is 6.40. The Morgan fingerprint density at radius 3 is 2.52 bits per heavy atom. The summed E-state index contributed by atoms with van der Waals surface area (Å²) in [4.78, 5) is 34.4. The van der Waals surface area contributed by atoms with Gasteiger partial charge in [-0.2, -0.15) is 11.3 Å². The summed E-state index contributed by atoms with van der Waals surface area (Å²) >= 11 is 1.53. The van der Waals surface area contributed by atoms with Crippen molar-refractivity contribution in [2.24, 2.45) is 0 Å². The molecule has 0 aliphatic heterocycles. The fourth-order valence-electron chi connectivity index (χ4n) is 1.74. The van der Waals surface area contributed by atoms with Crippen molar-refractivity contribution in [3.8, 4) is 0 Å². The first-order valence-electron chi connectivity index (χ1n) is 6.82. The lowest BCUT2D eigenvalue weighted by Gasteiger charge is -2.04. The van der Waals surface area contributed by atoms with E-state index in [2.05, 4.69) is 5.32 Å². The molecule has 1 heterocycles. The van der Waals surface area contributed by atoms with E-state index in [0.717, 1.165) is 5.56 Å². The van der Waals surface area contributed by atoms with Crippen LogP contribution in [-0.4, -0.2) is 24.3 Å². The third-order valence-corrected chi connectivity index (χ3v) is 3.53. The van der Waals surface area contributed by atoms with E-state index in [4.69, 9.17) is 4.74 Å². The first kappa shape index (κ1) is 16.6. The normalized spacial score (nSPS) is 10.5. The fourth-order valence-corrected chi connectivity index (χ4v) is 2.37. The number of ketones is 1. The Morgan fingerprint density at radius 1 is 1.17 bits per heavy atom. The van der Waals surface area contributed by atoms with Crippen LogP contribution in [-0.2, 0) is 14.3 Å². The van der Waals surface area contributed by atoms with E-state index in [1.54, 1.807) is 30.3 Å². The van der Waals surface area contributed by atoms with Crippen molar-refractivity contribution < 1.29 is 19.1 Å². The molecule has 2 rings (SSSR count). The number of ether oxygens (including phenoxy) is 1. The number of benzene rings is 1. The molecule has 0 saturated carbocycles. The molecule has 0 saturated heterocycles. The minimum atomic E-state index is -0.570. The van der Waals surface area contributed by atoms with Gasteiger partial charge in [0.2, 0.25) is 5.91 Å². The van der Waals surface area contributed by atoms with Crippen LogP contribution in [0.3, 0.4) is 0 Å². The molecule has 1 amide bonds. The smallest absolute Gasteiger partial charge is 0.331 e. The second-order valence-corrected chi connectivity index (χ2v) is 5.46. The van der Waals surface area contributed by atoms with Gasteiger partial charge in [-0.15, -0.1) is 0 Å². The van der Waals surface area contributed by atoms with Crippen molar-refractivity contribution in [1.29, 1.82) is 0 Å². The number of Topliss-reactive ketones (excluding diaryl/α,β-unsaturated/α-hetero) is 1. The maximum absolute atomic E-state index is 11.9. The SMILES string of the molecule is CC(=O)Nc1ccc(C(=O)COC(=O)/C=C/c2ccsc2)cc1. The van der Waals surface area contributed by atoms with Gasteiger partial charge in [-0.1, -0.05) is 0 Å². The van der Waals surface area contributed by atoms with Gasteiger partial charge in [-0.05, 0) is 52.7 Å². The van der Waals surface area contributed by atoms with E-state index >= 15 is 0 Å². The summed E-state index contributed by atoms with van der Waals surface area (Å²) < 4.78 is 4.91. The highest BCUT2D eigenvalue weighted by molar-refractivity contribution is 7.08. The molecule has 2 aromatic rings. The van der Waals surface area contributed by atoms with Gasteiger partial charge in [-0.25, -0.2) is 4.79 Å². The maximum atomic E-state index is 11.9. The van der Waals surface area contributed by atoms with Crippen molar-refractivity contribution in [3.63, 3.8) is 0 Å². The lowest BCUT2D eigenvalue weighted by atomic mass is 10.1. The summed E-state index contributed by atoms with van der Waals surface area (Å²) in [6.45, 7) is 1.08. The predicted octanol–water partition coefficient (Wildman–Crippen LogP) is 3.15. The van der Waals surface area contributed by atoms with E-state index in [1.165, 1.54) is 24.3 Å². The Bertz CT molecular complexity index is 718.